The van der Waals surface area contributed by atoms with Gasteiger partial charge in [-0.25, -0.2) is 0 Å². The monoisotopic (exact) mass is 620 g/mol. The second-order valence-corrected chi connectivity index (χ2v) is 11.9. The number of rotatable bonds is 22. The second-order valence-electron chi connectivity index (χ2n) is 11.9. The normalized spacial score (nSPS) is 21.0. The number of aliphatic hydroxyl groups excluding tert-OH is 4. The van der Waals surface area contributed by atoms with Crippen molar-refractivity contribution >= 4 is 0 Å². The summed E-state index contributed by atoms with van der Waals surface area (Å²) in [6.45, 7) is 4.58. The Morgan fingerprint density at radius 1 is 0.705 bits per heavy atom. The molecule has 44 heavy (non-hydrogen) atoms. The molecule has 0 aromatic heterocycles. The zero-order chi connectivity index (χ0) is 31.6. The van der Waals surface area contributed by atoms with Gasteiger partial charge in [-0.05, 0) is 57.1 Å². The smallest absolute Gasteiger partial charge is 0.163 e. The highest BCUT2D eigenvalue weighted by atomic mass is 16.7. The van der Waals surface area contributed by atoms with Crippen LogP contribution in [-0.4, -0.2) is 89.6 Å². The fraction of sp³-hybridized carbons (Fsp3) is 0.647. The maximum absolute atomic E-state index is 10.8. The Balaban J connectivity index is 1.40. The first-order chi connectivity index (χ1) is 21.3. The Kier molecular flexibility index (Phi) is 16.8. The third kappa shape index (κ3) is 14.9. The van der Waals surface area contributed by atoms with E-state index in [1.165, 1.54) is 0 Å². The van der Waals surface area contributed by atoms with Crippen molar-refractivity contribution in [3.8, 4) is 0 Å². The molecule has 2 aromatic rings. The SMILES string of the molecule is CC1(C)O[C@H](C[C@H](O)C[C@@H](O)C[C@@H](CCO)OCOCc2ccccc2)C[C@@H](C[C@@H](CCO)OCOCc2ccccc2)O1. The average molecular weight is 621 g/mol. The van der Waals surface area contributed by atoms with Crippen LogP contribution >= 0.6 is 0 Å². The summed E-state index contributed by atoms with van der Waals surface area (Å²) in [4.78, 5) is 0. The van der Waals surface area contributed by atoms with Crippen LogP contribution in [-0.2, 0) is 41.6 Å². The summed E-state index contributed by atoms with van der Waals surface area (Å²) in [7, 11) is 0. The fourth-order valence-corrected chi connectivity index (χ4v) is 5.50. The number of aliphatic hydroxyl groups is 4. The largest absolute Gasteiger partial charge is 0.396 e. The molecule has 10 heteroatoms. The highest BCUT2D eigenvalue weighted by Crippen LogP contribution is 2.32. The molecule has 0 radical (unpaired) electrons. The van der Waals surface area contributed by atoms with Crippen molar-refractivity contribution < 1.29 is 48.8 Å². The van der Waals surface area contributed by atoms with Gasteiger partial charge in [-0.1, -0.05) is 60.7 Å². The highest BCUT2D eigenvalue weighted by molar-refractivity contribution is 5.14. The lowest BCUT2D eigenvalue weighted by atomic mass is 9.95. The van der Waals surface area contributed by atoms with Gasteiger partial charge in [-0.2, -0.15) is 0 Å². The van der Waals surface area contributed by atoms with Gasteiger partial charge in [0.05, 0.1) is 49.8 Å². The van der Waals surface area contributed by atoms with Crippen LogP contribution < -0.4 is 0 Å². The lowest BCUT2D eigenvalue weighted by molar-refractivity contribution is -0.307. The number of hydrogen-bond acceptors (Lipinski definition) is 10. The van der Waals surface area contributed by atoms with Crippen LogP contribution in [0.15, 0.2) is 60.7 Å². The second kappa shape index (κ2) is 20.2. The zero-order valence-electron chi connectivity index (χ0n) is 26.2. The van der Waals surface area contributed by atoms with Crippen LogP contribution in [0.4, 0.5) is 0 Å². The van der Waals surface area contributed by atoms with E-state index in [2.05, 4.69) is 0 Å². The summed E-state index contributed by atoms with van der Waals surface area (Å²) < 4.78 is 35.2. The molecule has 0 unspecified atom stereocenters. The molecule has 0 spiro atoms. The Labute approximate surface area is 261 Å². The first kappa shape index (κ1) is 36.5. The summed E-state index contributed by atoms with van der Waals surface area (Å²) in [5.41, 5.74) is 2.09. The van der Waals surface area contributed by atoms with E-state index in [0.29, 0.717) is 45.3 Å². The van der Waals surface area contributed by atoms with Crippen molar-refractivity contribution in [2.75, 3.05) is 26.8 Å². The summed E-state index contributed by atoms with van der Waals surface area (Å²) in [6, 6.07) is 19.6. The maximum Gasteiger partial charge on any atom is 0.163 e. The molecule has 0 aliphatic carbocycles. The summed E-state index contributed by atoms with van der Waals surface area (Å²) >= 11 is 0. The van der Waals surface area contributed by atoms with E-state index in [1.807, 2.05) is 74.5 Å². The topological polar surface area (TPSA) is 136 Å². The molecule has 10 nitrogen and oxygen atoms in total. The van der Waals surface area contributed by atoms with Gasteiger partial charge >= 0.3 is 0 Å². The Bertz CT molecular complexity index is 992. The molecule has 1 heterocycles. The molecule has 248 valence electrons. The van der Waals surface area contributed by atoms with Gasteiger partial charge < -0.3 is 48.8 Å². The van der Waals surface area contributed by atoms with Crippen LogP contribution in [0.1, 0.15) is 69.9 Å². The molecule has 2 aromatic carbocycles. The van der Waals surface area contributed by atoms with Crippen molar-refractivity contribution in [1.82, 2.24) is 0 Å². The zero-order valence-corrected chi connectivity index (χ0v) is 26.2. The van der Waals surface area contributed by atoms with E-state index in [-0.39, 0.29) is 58.0 Å². The molecule has 1 fully saturated rings. The predicted octanol–water partition coefficient (Wildman–Crippen LogP) is 4.06. The molecule has 1 saturated heterocycles. The van der Waals surface area contributed by atoms with Gasteiger partial charge in [0.25, 0.3) is 0 Å². The van der Waals surface area contributed by atoms with Crippen LogP contribution in [0.5, 0.6) is 0 Å². The van der Waals surface area contributed by atoms with Crippen LogP contribution in [0, 0.1) is 0 Å². The Morgan fingerprint density at radius 3 is 1.75 bits per heavy atom. The molecule has 1 aliphatic heterocycles. The fourth-order valence-electron chi connectivity index (χ4n) is 5.50. The molecule has 3 rings (SSSR count). The van der Waals surface area contributed by atoms with Crippen LogP contribution in [0.2, 0.25) is 0 Å². The molecular formula is C34H52O10. The van der Waals surface area contributed by atoms with Gasteiger partial charge in [0.2, 0.25) is 0 Å². The van der Waals surface area contributed by atoms with Gasteiger partial charge in [0, 0.05) is 26.1 Å². The Hall–Kier alpha value is -1.96. The number of ether oxygens (including phenoxy) is 6. The first-order valence-electron chi connectivity index (χ1n) is 15.7. The Morgan fingerprint density at radius 2 is 1.20 bits per heavy atom. The highest BCUT2D eigenvalue weighted by Gasteiger charge is 2.37. The minimum Gasteiger partial charge on any atom is -0.396 e. The van der Waals surface area contributed by atoms with Gasteiger partial charge in [0.15, 0.2) is 5.79 Å². The lowest BCUT2D eigenvalue weighted by Gasteiger charge is -2.42. The van der Waals surface area contributed by atoms with E-state index in [9.17, 15) is 20.4 Å². The molecule has 6 atom stereocenters. The van der Waals surface area contributed by atoms with E-state index in [1.54, 1.807) is 0 Å². The van der Waals surface area contributed by atoms with Crippen LogP contribution in [0.25, 0.3) is 0 Å². The van der Waals surface area contributed by atoms with Crippen molar-refractivity contribution in [3.63, 3.8) is 0 Å². The minimum atomic E-state index is -0.862. The molecule has 0 saturated carbocycles. The molecule has 0 amide bonds. The van der Waals surface area contributed by atoms with E-state index in [4.69, 9.17) is 28.4 Å². The van der Waals surface area contributed by atoms with Gasteiger partial charge in [-0.3, -0.25) is 0 Å². The van der Waals surface area contributed by atoms with Crippen LogP contribution in [0.3, 0.4) is 0 Å². The van der Waals surface area contributed by atoms with Gasteiger partial charge in [0.1, 0.15) is 13.6 Å². The molecule has 0 bridgehead atoms. The predicted molar refractivity (Wildman–Crippen MR) is 164 cm³/mol. The lowest BCUT2D eigenvalue weighted by Crippen LogP contribution is -2.47. The van der Waals surface area contributed by atoms with Gasteiger partial charge in [-0.15, -0.1) is 0 Å². The number of benzene rings is 2. The van der Waals surface area contributed by atoms with Crippen molar-refractivity contribution in [2.45, 2.75) is 114 Å². The van der Waals surface area contributed by atoms with Crippen molar-refractivity contribution in [2.24, 2.45) is 0 Å². The molecule has 1 aliphatic rings. The van der Waals surface area contributed by atoms with E-state index in [0.717, 1.165) is 11.1 Å². The third-order valence-electron chi connectivity index (χ3n) is 7.47. The quantitative estimate of drug-likeness (QED) is 0.113. The summed E-state index contributed by atoms with van der Waals surface area (Å²) in [5, 5.41) is 40.6. The van der Waals surface area contributed by atoms with E-state index < -0.39 is 24.1 Å². The van der Waals surface area contributed by atoms with E-state index >= 15 is 0 Å². The molecular weight excluding hydrogens is 568 g/mol. The van der Waals surface area contributed by atoms with Crippen molar-refractivity contribution in [3.05, 3.63) is 71.8 Å². The maximum atomic E-state index is 10.8. The summed E-state index contributed by atoms with van der Waals surface area (Å²) in [5.74, 6) is -0.862. The minimum absolute atomic E-state index is 0.0177. The van der Waals surface area contributed by atoms with Crippen molar-refractivity contribution in [1.29, 1.82) is 0 Å². The number of hydrogen-bond donors (Lipinski definition) is 4. The molecule has 4 N–H and O–H groups in total. The first-order valence-corrected chi connectivity index (χ1v) is 15.7. The standard InChI is InChI=1S/C34H52O10/c1-34(2)43-32(21-33(44-34)20-31(14-16-36)42-25-40-23-27-11-7-4-8-12-27)19-29(38)17-28(37)18-30(13-15-35)41-24-39-22-26-9-5-3-6-10-26/h3-12,28-33,35-38H,13-25H2,1-2H3/t28-,29-,30-,31-,32-,33-/m1/s1. The summed E-state index contributed by atoms with van der Waals surface area (Å²) in [6.07, 6.45) is -0.137. The third-order valence-corrected chi connectivity index (χ3v) is 7.47. The average Bonchev–Trinajstić information content (AvgIpc) is 2.97.